The highest BCUT2D eigenvalue weighted by Crippen LogP contribution is 2.28. The van der Waals surface area contributed by atoms with E-state index >= 15 is 0 Å². The number of nitrogens with two attached hydrogens (primary N) is 1. The summed E-state index contributed by atoms with van der Waals surface area (Å²) in [5.74, 6) is 5.03. The smallest absolute Gasteiger partial charge is 0.153 e. The lowest BCUT2D eigenvalue weighted by Crippen LogP contribution is -2.30. The van der Waals surface area contributed by atoms with Crippen LogP contribution in [0, 0.1) is 5.82 Å². The van der Waals surface area contributed by atoms with E-state index in [0.717, 1.165) is 0 Å². The molecule has 1 aromatic carbocycles. The molecule has 0 bridgehead atoms. The van der Waals surface area contributed by atoms with Gasteiger partial charge >= 0.3 is 0 Å². The average Bonchev–Trinajstić information content (AvgIpc) is 2.66. The molecule has 1 aromatic heterocycles. The molecular weight excluding hydrogens is 325 g/mol. The van der Waals surface area contributed by atoms with E-state index in [-0.39, 0.29) is 5.02 Å². The van der Waals surface area contributed by atoms with E-state index in [2.05, 4.69) is 31.7 Å². The molecule has 3 N–H and O–H groups in total. The zero-order chi connectivity index (χ0) is 13.3. The van der Waals surface area contributed by atoms with E-state index in [9.17, 15) is 4.39 Å². The van der Waals surface area contributed by atoms with Gasteiger partial charge in [0.1, 0.15) is 5.82 Å². The molecule has 0 aliphatic carbocycles. The van der Waals surface area contributed by atoms with Crippen molar-refractivity contribution in [1.82, 2.24) is 20.4 Å². The summed E-state index contributed by atoms with van der Waals surface area (Å²) in [6, 6.07) is 4.06. The average molecular weight is 335 g/mol. The van der Waals surface area contributed by atoms with E-state index in [0.29, 0.717) is 15.9 Å². The standard InChI is InChI=1S/C10H10BrClFN5/c1-18-9(10(11)16-17-18)8(15-14)5-2-3-6(12)7(13)4-5/h2-4,8,15H,14H2,1H3. The number of halogens is 3. The van der Waals surface area contributed by atoms with E-state index in [1.54, 1.807) is 17.8 Å². The number of hydrogen-bond donors (Lipinski definition) is 2. The maximum atomic E-state index is 13.5. The number of rotatable bonds is 3. The summed E-state index contributed by atoms with van der Waals surface area (Å²) in [4.78, 5) is 0. The summed E-state index contributed by atoms with van der Waals surface area (Å²) in [5.41, 5.74) is 3.93. The summed E-state index contributed by atoms with van der Waals surface area (Å²) < 4.78 is 15.6. The van der Waals surface area contributed by atoms with Crippen molar-refractivity contribution in [3.8, 4) is 0 Å². The lowest BCUT2D eigenvalue weighted by molar-refractivity contribution is 0.562. The predicted molar refractivity (Wildman–Crippen MR) is 69.3 cm³/mol. The van der Waals surface area contributed by atoms with Crippen LogP contribution in [-0.4, -0.2) is 15.0 Å². The Bertz CT molecular complexity index is 554. The van der Waals surface area contributed by atoms with Crippen LogP contribution in [0.5, 0.6) is 0 Å². The van der Waals surface area contributed by atoms with Crippen molar-refractivity contribution in [1.29, 1.82) is 0 Å². The maximum Gasteiger partial charge on any atom is 0.153 e. The summed E-state index contributed by atoms with van der Waals surface area (Å²) >= 11 is 8.93. The van der Waals surface area contributed by atoms with Gasteiger partial charge in [0.05, 0.1) is 16.8 Å². The minimum absolute atomic E-state index is 0.0664. The van der Waals surface area contributed by atoms with Gasteiger partial charge in [0.15, 0.2) is 4.60 Å². The first-order chi connectivity index (χ1) is 8.54. The van der Waals surface area contributed by atoms with Crippen molar-refractivity contribution >= 4 is 27.5 Å². The molecule has 5 nitrogen and oxygen atoms in total. The number of hydrazine groups is 1. The SMILES string of the molecule is Cn1nnc(Br)c1C(NN)c1ccc(Cl)c(F)c1. The summed E-state index contributed by atoms with van der Waals surface area (Å²) in [6.45, 7) is 0. The molecule has 8 heteroatoms. The molecule has 18 heavy (non-hydrogen) atoms. The van der Waals surface area contributed by atoms with Gasteiger partial charge in [-0.05, 0) is 33.6 Å². The molecule has 96 valence electrons. The van der Waals surface area contributed by atoms with Gasteiger partial charge < -0.3 is 0 Å². The second-order valence-corrected chi connectivity index (χ2v) is 4.82. The number of nitrogens with zero attached hydrogens (tertiary/aromatic N) is 3. The van der Waals surface area contributed by atoms with Crippen molar-refractivity contribution in [2.75, 3.05) is 0 Å². The van der Waals surface area contributed by atoms with Gasteiger partial charge in [0.25, 0.3) is 0 Å². The van der Waals surface area contributed by atoms with Crippen LogP contribution in [0.2, 0.25) is 5.02 Å². The third kappa shape index (κ3) is 2.39. The van der Waals surface area contributed by atoms with E-state index in [4.69, 9.17) is 17.4 Å². The minimum Gasteiger partial charge on any atom is -0.271 e. The number of benzene rings is 1. The number of aromatic nitrogens is 3. The molecule has 0 saturated carbocycles. The van der Waals surface area contributed by atoms with E-state index in [1.165, 1.54) is 12.1 Å². The topological polar surface area (TPSA) is 68.8 Å². The van der Waals surface area contributed by atoms with Crippen LogP contribution in [-0.2, 0) is 7.05 Å². The second-order valence-electron chi connectivity index (χ2n) is 3.66. The summed E-state index contributed by atoms with van der Waals surface area (Å²) in [5, 5.41) is 7.79. The van der Waals surface area contributed by atoms with Gasteiger partial charge in [-0.3, -0.25) is 5.84 Å². The van der Waals surface area contributed by atoms with Crippen LogP contribution in [0.1, 0.15) is 17.3 Å². The van der Waals surface area contributed by atoms with Gasteiger partial charge in [-0.15, -0.1) is 5.10 Å². The lowest BCUT2D eigenvalue weighted by Gasteiger charge is -2.16. The second kappa shape index (κ2) is 5.31. The van der Waals surface area contributed by atoms with Gasteiger partial charge in [-0.2, -0.15) is 0 Å². The van der Waals surface area contributed by atoms with Crippen molar-refractivity contribution < 1.29 is 4.39 Å². The third-order valence-electron chi connectivity index (χ3n) is 2.54. The van der Waals surface area contributed by atoms with Gasteiger partial charge in [-0.25, -0.2) is 14.5 Å². The molecule has 1 heterocycles. The highest BCUT2D eigenvalue weighted by atomic mass is 79.9. The van der Waals surface area contributed by atoms with Crippen LogP contribution < -0.4 is 11.3 Å². The van der Waals surface area contributed by atoms with Crippen molar-refractivity contribution in [2.45, 2.75) is 6.04 Å². The largest absolute Gasteiger partial charge is 0.271 e. The third-order valence-corrected chi connectivity index (χ3v) is 3.42. The van der Waals surface area contributed by atoms with Gasteiger partial charge in [0.2, 0.25) is 0 Å². The quantitative estimate of drug-likeness (QED) is 0.665. The van der Waals surface area contributed by atoms with Crippen LogP contribution in [0.4, 0.5) is 4.39 Å². The van der Waals surface area contributed by atoms with Crippen LogP contribution in [0.15, 0.2) is 22.8 Å². The number of nitrogens with one attached hydrogen (secondary N) is 1. The predicted octanol–water partition coefficient (Wildman–Crippen LogP) is 1.92. The Labute approximate surface area is 116 Å². The Morgan fingerprint density at radius 3 is 2.78 bits per heavy atom. The highest BCUT2D eigenvalue weighted by molar-refractivity contribution is 9.10. The summed E-state index contributed by atoms with van der Waals surface area (Å²) in [6.07, 6.45) is 0. The Morgan fingerprint density at radius 1 is 1.56 bits per heavy atom. The molecule has 0 spiro atoms. The molecule has 0 amide bonds. The fourth-order valence-electron chi connectivity index (χ4n) is 1.67. The molecule has 0 aliphatic rings. The first-order valence-corrected chi connectivity index (χ1v) is 6.18. The Kier molecular flexibility index (Phi) is 3.96. The summed E-state index contributed by atoms with van der Waals surface area (Å²) in [7, 11) is 1.73. The Balaban J connectivity index is 2.48. The van der Waals surface area contributed by atoms with Crippen LogP contribution in [0.3, 0.4) is 0 Å². The number of aryl methyl sites for hydroxylation is 1. The fraction of sp³-hybridized carbons (Fsp3) is 0.200. The van der Waals surface area contributed by atoms with Gasteiger partial charge in [0, 0.05) is 7.05 Å². The molecule has 2 rings (SSSR count). The molecule has 0 fully saturated rings. The first-order valence-electron chi connectivity index (χ1n) is 5.00. The minimum atomic E-state index is -0.499. The van der Waals surface area contributed by atoms with Gasteiger partial charge in [-0.1, -0.05) is 22.9 Å². The maximum absolute atomic E-state index is 13.5. The fourth-order valence-corrected chi connectivity index (χ4v) is 2.34. The molecule has 0 radical (unpaired) electrons. The molecular formula is C10H10BrClFN5. The van der Waals surface area contributed by atoms with Crippen LogP contribution >= 0.6 is 27.5 Å². The number of hydrogen-bond acceptors (Lipinski definition) is 4. The molecule has 1 unspecified atom stereocenters. The zero-order valence-electron chi connectivity index (χ0n) is 9.36. The van der Waals surface area contributed by atoms with Crippen molar-refractivity contribution in [3.05, 3.63) is 44.9 Å². The molecule has 0 saturated heterocycles. The monoisotopic (exact) mass is 333 g/mol. The van der Waals surface area contributed by atoms with E-state index in [1.807, 2.05) is 0 Å². The molecule has 1 atom stereocenters. The van der Waals surface area contributed by atoms with E-state index < -0.39 is 11.9 Å². The lowest BCUT2D eigenvalue weighted by atomic mass is 10.0. The molecule has 2 aromatic rings. The van der Waals surface area contributed by atoms with Crippen molar-refractivity contribution in [2.24, 2.45) is 12.9 Å². The normalized spacial score (nSPS) is 12.7. The first kappa shape index (κ1) is 13.4. The highest BCUT2D eigenvalue weighted by Gasteiger charge is 2.21. The Hall–Kier alpha value is -1.02. The van der Waals surface area contributed by atoms with Crippen molar-refractivity contribution in [3.63, 3.8) is 0 Å². The Morgan fingerprint density at radius 2 is 2.28 bits per heavy atom. The zero-order valence-corrected chi connectivity index (χ0v) is 11.7. The molecule has 0 aliphatic heterocycles. The van der Waals surface area contributed by atoms with Crippen LogP contribution in [0.25, 0.3) is 0 Å².